The standard InChI is InChI=1S/C24H17FN6O3/c25-17-9-5-4-8-16(17)14-31-20(24-26-10-11-34-24)12-18(30-31)21-27-13-19(23(33)29-21)28-22(32)15-6-2-1-3-7-15/h1-13H,14H2,(H,28,32)(H,27,29,33). The van der Waals surface area contributed by atoms with E-state index in [2.05, 4.69) is 25.4 Å². The summed E-state index contributed by atoms with van der Waals surface area (Å²) < 4.78 is 21.1. The summed E-state index contributed by atoms with van der Waals surface area (Å²) >= 11 is 0. The van der Waals surface area contributed by atoms with E-state index in [0.717, 1.165) is 0 Å². The number of aromatic nitrogens is 5. The number of oxazole rings is 1. The first-order valence-corrected chi connectivity index (χ1v) is 10.3. The number of hydrogen-bond acceptors (Lipinski definition) is 6. The molecule has 0 unspecified atom stereocenters. The van der Waals surface area contributed by atoms with Gasteiger partial charge in [0.05, 0.1) is 18.9 Å². The van der Waals surface area contributed by atoms with Crippen molar-refractivity contribution >= 4 is 11.6 Å². The molecule has 0 atom stereocenters. The minimum absolute atomic E-state index is 0.00341. The number of aromatic amines is 1. The molecule has 0 radical (unpaired) electrons. The molecule has 0 bridgehead atoms. The molecule has 0 aliphatic heterocycles. The second kappa shape index (κ2) is 8.94. The third-order valence-corrected chi connectivity index (χ3v) is 5.04. The summed E-state index contributed by atoms with van der Waals surface area (Å²) in [5.74, 6) is -0.351. The number of H-pyrrole nitrogens is 1. The topological polar surface area (TPSA) is 119 Å². The van der Waals surface area contributed by atoms with Crippen LogP contribution in [0.2, 0.25) is 0 Å². The number of rotatable bonds is 6. The monoisotopic (exact) mass is 456 g/mol. The smallest absolute Gasteiger partial charge is 0.275 e. The summed E-state index contributed by atoms with van der Waals surface area (Å²) in [4.78, 5) is 36.0. The maximum atomic E-state index is 14.2. The molecule has 5 rings (SSSR count). The normalized spacial score (nSPS) is 10.9. The first-order chi connectivity index (χ1) is 16.6. The molecule has 0 spiro atoms. The molecule has 168 valence electrons. The van der Waals surface area contributed by atoms with Crippen LogP contribution in [0.5, 0.6) is 0 Å². The zero-order chi connectivity index (χ0) is 23.5. The Morgan fingerprint density at radius 3 is 2.62 bits per heavy atom. The van der Waals surface area contributed by atoms with E-state index in [4.69, 9.17) is 4.42 Å². The van der Waals surface area contributed by atoms with Crippen molar-refractivity contribution in [3.8, 4) is 23.1 Å². The third-order valence-electron chi connectivity index (χ3n) is 5.04. The largest absolute Gasteiger partial charge is 0.443 e. The van der Waals surface area contributed by atoms with Gasteiger partial charge in [0.25, 0.3) is 11.5 Å². The number of benzene rings is 2. The van der Waals surface area contributed by atoms with Gasteiger partial charge < -0.3 is 14.7 Å². The SMILES string of the molecule is O=C(Nc1cnc(-c2cc(-c3ncco3)n(Cc3ccccc3F)n2)[nH]c1=O)c1ccccc1. The molecule has 9 nitrogen and oxygen atoms in total. The van der Waals surface area contributed by atoms with Crippen LogP contribution in [0.4, 0.5) is 10.1 Å². The fourth-order valence-electron chi connectivity index (χ4n) is 3.36. The number of halogens is 1. The van der Waals surface area contributed by atoms with Gasteiger partial charge in [0.1, 0.15) is 29.2 Å². The lowest BCUT2D eigenvalue weighted by Gasteiger charge is -2.06. The van der Waals surface area contributed by atoms with E-state index < -0.39 is 11.5 Å². The quantitative estimate of drug-likeness (QED) is 0.402. The molecule has 0 fully saturated rings. The zero-order valence-corrected chi connectivity index (χ0v) is 17.6. The van der Waals surface area contributed by atoms with Crippen LogP contribution in [0.3, 0.4) is 0 Å². The summed E-state index contributed by atoms with van der Waals surface area (Å²) in [5.41, 5.74) is 1.08. The van der Waals surface area contributed by atoms with Gasteiger partial charge in [0.15, 0.2) is 5.82 Å². The van der Waals surface area contributed by atoms with Crippen LogP contribution in [0.15, 0.2) is 88.5 Å². The number of nitrogens with one attached hydrogen (secondary N) is 2. The van der Waals surface area contributed by atoms with E-state index in [1.54, 1.807) is 54.6 Å². The molecule has 0 aliphatic carbocycles. The highest BCUT2D eigenvalue weighted by Gasteiger charge is 2.18. The fourth-order valence-corrected chi connectivity index (χ4v) is 3.36. The van der Waals surface area contributed by atoms with Crippen LogP contribution < -0.4 is 10.9 Å². The number of nitrogens with zero attached hydrogens (tertiary/aromatic N) is 4. The molecule has 10 heteroatoms. The lowest BCUT2D eigenvalue weighted by Crippen LogP contribution is -2.20. The van der Waals surface area contributed by atoms with Gasteiger partial charge >= 0.3 is 0 Å². The van der Waals surface area contributed by atoms with Crippen LogP contribution in [-0.2, 0) is 6.54 Å². The van der Waals surface area contributed by atoms with Gasteiger partial charge in [-0.2, -0.15) is 5.10 Å². The molecule has 5 aromatic rings. The summed E-state index contributed by atoms with van der Waals surface area (Å²) in [7, 11) is 0. The van der Waals surface area contributed by atoms with Crippen LogP contribution in [-0.4, -0.2) is 30.6 Å². The highest BCUT2D eigenvalue weighted by molar-refractivity contribution is 6.04. The van der Waals surface area contributed by atoms with Crippen LogP contribution in [0.25, 0.3) is 23.1 Å². The van der Waals surface area contributed by atoms with Crippen molar-refractivity contribution < 1.29 is 13.6 Å². The van der Waals surface area contributed by atoms with E-state index >= 15 is 0 Å². The molecule has 0 aliphatic rings. The summed E-state index contributed by atoms with van der Waals surface area (Å²) in [6.45, 7) is 0.111. The van der Waals surface area contributed by atoms with Crippen molar-refractivity contribution in [1.82, 2.24) is 24.7 Å². The molecule has 3 aromatic heterocycles. The Hall–Kier alpha value is -4.86. The zero-order valence-electron chi connectivity index (χ0n) is 17.6. The maximum absolute atomic E-state index is 14.2. The van der Waals surface area contributed by atoms with E-state index in [1.807, 2.05) is 0 Å². The molecule has 1 amide bonds. The second-order valence-corrected chi connectivity index (χ2v) is 7.30. The van der Waals surface area contributed by atoms with Gasteiger partial charge in [-0.25, -0.2) is 14.4 Å². The Morgan fingerprint density at radius 2 is 1.88 bits per heavy atom. The van der Waals surface area contributed by atoms with Crippen LogP contribution >= 0.6 is 0 Å². The summed E-state index contributed by atoms with van der Waals surface area (Å²) in [5, 5.41) is 7.03. The first kappa shape index (κ1) is 21.0. The predicted molar refractivity (Wildman–Crippen MR) is 121 cm³/mol. The number of carbonyl (C=O) groups is 1. The van der Waals surface area contributed by atoms with Crippen molar-refractivity contribution in [2.24, 2.45) is 0 Å². The summed E-state index contributed by atoms with van der Waals surface area (Å²) in [6, 6.07) is 16.5. The number of amides is 1. The molecule has 34 heavy (non-hydrogen) atoms. The van der Waals surface area contributed by atoms with Crippen molar-refractivity contribution in [1.29, 1.82) is 0 Å². The van der Waals surface area contributed by atoms with Gasteiger partial charge in [-0.05, 0) is 18.2 Å². The second-order valence-electron chi connectivity index (χ2n) is 7.30. The average molecular weight is 456 g/mol. The van der Waals surface area contributed by atoms with Gasteiger partial charge in [0.2, 0.25) is 5.89 Å². The predicted octanol–water partition coefficient (Wildman–Crippen LogP) is 3.73. The Kier molecular flexibility index (Phi) is 5.53. The minimum atomic E-state index is -0.546. The van der Waals surface area contributed by atoms with Gasteiger partial charge in [-0.1, -0.05) is 36.4 Å². The van der Waals surface area contributed by atoms with Crippen LogP contribution in [0.1, 0.15) is 15.9 Å². The van der Waals surface area contributed by atoms with Crippen molar-refractivity contribution in [3.05, 3.63) is 107 Å². The van der Waals surface area contributed by atoms with E-state index in [1.165, 1.54) is 29.4 Å². The van der Waals surface area contributed by atoms with Gasteiger partial charge in [-0.15, -0.1) is 0 Å². The summed E-state index contributed by atoms with van der Waals surface area (Å²) in [6.07, 6.45) is 4.16. The number of anilines is 1. The lowest BCUT2D eigenvalue weighted by molar-refractivity contribution is 0.102. The molecular formula is C24H17FN6O3. The van der Waals surface area contributed by atoms with E-state index in [0.29, 0.717) is 22.5 Å². The number of hydrogen-bond donors (Lipinski definition) is 2. The number of carbonyl (C=O) groups excluding carboxylic acids is 1. The van der Waals surface area contributed by atoms with E-state index in [9.17, 15) is 14.0 Å². The van der Waals surface area contributed by atoms with Crippen LogP contribution in [0, 0.1) is 5.82 Å². The Morgan fingerprint density at radius 1 is 1.09 bits per heavy atom. The Bertz CT molecular complexity index is 1510. The van der Waals surface area contributed by atoms with Crippen molar-refractivity contribution in [2.75, 3.05) is 5.32 Å². The fraction of sp³-hybridized carbons (Fsp3) is 0.0417. The lowest BCUT2D eigenvalue weighted by atomic mass is 10.2. The molecule has 0 saturated carbocycles. The van der Waals surface area contributed by atoms with Gasteiger partial charge in [-0.3, -0.25) is 14.3 Å². The molecule has 3 heterocycles. The third kappa shape index (κ3) is 4.24. The van der Waals surface area contributed by atoms with Crippen molar-refractivity contribution in [2.45, 2.75) is 6.54 Å². The molecular weight excluding hydrogens is 439 g/mol. The average Bonchev–Trinajstić information content (AvgIpc) is 3.52. The molecule has 0 saturated heterocycles. The maximum Gasteiger partial charge on any atom is 0.275 e. The Balaban J connectivity index is 1.46. The Labute approximate surface area is 191 Å². The highest BCUT2D eigenvalue weighted by atomic mass is 19.1. The van der Waals surface area contributed by atoms with E-state index in [-0.39, 0.29) is 29.8 Å². The highest BCUT2D eigenvalue weighted by Crippen LogP contribution is 2.24. The first-order valence-electron chi connectivity index (χ1n) is 10.3. The van der Waals surface area contributed by atoms with Crippen molar-refractivity contribution in [3.63, 3.8) is 0 Å². The molecule has 2 aromatic carbocycles. The van der Waals surface area contributed by atoms with Gasteiger partial charge in [0, 0.05) is 17.2 Å². The minimum Gasteiger partial charge on any atom is -0.443 e. The molecule has 2 N–H and O–H groups in total.